The van der Waals surface area contributed by atoms with Crippen LogP contribution in [0, 0.1) is 0 Å². The third-order valence-electron chi connectivity index (χ3n) is 2.87. The van der Waals surface area contributed by atoms with E-state index in [9.17, 15) is 4.79 Å². The van der Waals surface area contributed by atoms with Gasteiger partial charge in [-0.1, -0.05) is 25.1 Å². The van der Waals surface area contributed by atoms with Crippen LogP contribution in [0.5, 0.6) is 11.5 Å². The second-order valence-corrected chi connectivity index (χ2v) is 4.21. The van der Waals surface area contributed by atoms with Crippen molar-refractivity contribution in [3.05, 3.63) is 59.7 Å². The molecule has 19 heavy (non-hydrogen) atoms. The van der Waals surface area contributed by atoms with Crippen molar-refractivity contribution in [2.45, 2.75) is 13.3 Å². The van der Waals surface area contributed by atoms with Gasteiger partial charge in [0.2, 0.25) is 0 Å². The number of carbonyl (C=O) groups excluding carboxylic acids is 1. The van der Waals surface area contributed by atoms with E-state index in [1.165, 1.54) is 5.56 Å². The van der Waals surface area contributed by atoms with Crippen molar-refractivity contribution in [1.29, 1.82) is 0 Å². The summed E-state index contributed by atoms with van der Waals surface area (Å²) >= 11 is 0. The van der Waals surface area contributed by atoms with Gasteiger partial charge in [-0.2, -0.15) is 0 Å². The van der Waals surface area contributed by atoms with Crippen LogP contribution >= 0.6 is 0 Å². The standard InChI is InChI=1S/C16H17NO2/c1-3-12-6-4-8-14(10-12)19-15-9-5-7-13(11-15)16(18)17-2/h4-11H,3H2,1-2H3,(H,17,18). The zero-order valence-corrected chi connectivity index (χ0v) is 11.1. The Hall–Kier alpha value is -2.29. The van der Waals surface area contributed by atoms with Crippen LogP contribution in [0.4, 0.5) is 0 Å². The van der Waals surface area contributed by atoms with E-state index < -0.39 is 0 Å². The first-order valence-corrected chi connectivity index (χ1v) is 6.32. The predicted molar refractivity (Wildman–Crippen MR) is 75.7 cm³/mol. The highest BCUT2D eigenvalue weighted by Gasteiger charge is 2.05. The van der Waals surface area contributed by atoms with E-state index in [4.69, 9.17) is 4.74 Å². The molecule has 1 amide bonds. The summed E-state index contributed by atoms with van der Waals surface area (Å²) in [5, 5.41) is 2.60. The Morgan fingerprint density at radius 2 is 1.79 bits per heavy atom. The van der Waals surface area contributed by atoms with Crippen molar-refractivity contribution >= 4 is 5.91 Å². The lowest BCUT2D eigenvalue weighted by molar-refractivity contribution is 0.0963. The molecule has 0 saturated heterocycles. The van der Waals surface area contributed by atoms with E-state index in [1.54, 1.807) is 19.2 Å². The molecule has 0 unspecified atom stereocenters. The number of carbonyl (C=O) groups is 1. The lowest BCUT2D eigenvalue weighted by atomic mass is 10.1. The number of nitrogens with one attached hydrogen (secondary N) is 1. The van der Waals surface area contributed by atoms with Crippen LogP contribution in [0.25, 0.3) is 0 Å². The monoisotopic (exact) mass is 255 g/mol. The van der Waals surface area contributed by atoms with Crippen LogP contribution < -0.4 is 10.1 Å². The summed E-state index contributed by atoms with van der Waals surface area (Å²) in [7, 11) is 1.61. The molecule has 0 saturated carbocycles. The van der Waals surface area contributed by atoms with Crippen molar-refractivity contribution in [2.75, 3.05) is 7.05 Å². The number of ether oxygens (including phenoxy) is 1. The fraction of sp³-hybridized carbons (Fsp3) is 0.188. The number of amides is 1. The molecule has 0 aliphatic carbocycles. The number of hydrogen-bond acceptors (Lipinski definition) is 2. The first-order chi connectivity index (χ1) is 9.22. The van der Waals surface area contributed by atoms with E-state index >= 15 is 0 Å². The maximum absolute atomic E-state index is 11.6. The highest BCUT2D eigenvalue weighted by atomic mass is 16.5. The van der Waals surface area contributed by atoms with Crippen molar-refractivity contribution in [3.8, 4) is 11.5 Å². The van der Waals surface area contributed by atoms with Gasteiger partial charge in [-0.3, -0.25) is 4.79 Å². The van der Waals surface area contributed by atoms with Crippen molar-refractivity contribution in [3.63, 3.8) is 0 Å². The minimum atomic E-state index is -0.118. The highest BCUT2D eigenvalue weighted by molar-refractivity contribution is 5.94. The molecule has 0 radical (unpaired) electrons. The summed E-state index contributed by atoms with van der Waals surface area (Å²) in [6, 6.07) is 15.1. The van der Waals surface area contributed by atoms with Crippen LogP contribution in [-0.2, 0) is 6.42 Å². The average molecular weight is 255 g/mol. The molecular weight excluding hydrogens is 238 g/mol. The summed E-state index contributed by atoms with van der Waals surface area (Å²) in [4.78, 5) is 11.6. The number of hydrogen-bond donors (Lipinski definition) is 1. The normalized spacial score (nSPS) is 10.0. The number of benzene rings is 2. The summed E-state index contributed by atoms with van der Waals surface area (Å²) < 4.78 is 5.78. The highest BCUT2D eigenvalue weighted by Crippen LogP contribution is 2.23. The summed E-state index contributed by atoms with van der Waals surface area (Å²) in [6.07, 6.45) is 0.968. The van der Waals surface area contributed by atoms with Crippen LogP contribution in [0.15, 0.2) is 48.5 Å². The minimum Gasteiger partial charge on any atom is -0.457 e. The fourth-order valence-electron chi connectivity index (χ4n) is 1.81. The van der Waals surface area contributed by atoms with Crippen molar-refractivity contribution in [2.24, 2.45) is 0 Å². The molecule has 3 nitrogen and oxygen atoms in total. The Bertz CT molecular complexity index is 578. The zero-order valence-electron chi connectivity index (χ0n) is 11.1. The van der Waals surface area contributed by atoms with Crippen molar-refractivity contribution in [1.82, 2.24) is 5.32 Å². The summed E-state index contributed by atoms with van der Waals surface area (Å²) in [5.74, 6) is 1.33. The molecule has 0 aliphatic rings. The molecule has 0 heterocycles. The molecule has 1 N–H and O–H groups in total. The van der Waals surface area contributed by atoms with Gasteiger partial charge in [0.15, 0.2) is 0 Å². The molecule has 0 aliphatic heterocycles. The second-order valence-electron chi connectivity index (χ2n) is 4.21. The van der Waals surface area contributed by atoms with Gasteiger partial charge in [0, 0.05) is 12.6 Å². The first kappa shape index (κ1) is 13.1. The molecule has 98 valence electrons. The Morgan fingerprint density at radius 3 is 2.47 bits per heavy atom. The predicted octanol–water partition coefficient (Wildman–Crippen LogP) is 3.40. The Labute approximate surface area is 113 Å². The van der Waals surface area contributed by atoms with E-state index in [-0.39, 0.29) is 5.91 Å². The molecular formula is C16H17NO2. The van der Waals surface area contributed by atoms with Gasteiger partial charge < -0.3 is 10.1 Å². The van der Waals surface area contributed by atoms with Gasteiger partial charge in [0.25, 0.3) is 5.91 Å². The molecule has 2 aromatic carbocycles. The van der Waals surface area contributed by atoms with Crippen LogP contribution in [0.1, 0.15) is 22.8 Å². The lowest BCUT2D eigenvalue weighted by Gasteiger charge is -2.08. The smallest absolute Gasteiger partial charge is 0.251 e. The van der Waals surface area contributed by atoms with Gasteiger partial charge in [-0.15, -0.1) is 0 Å². The molecule has 0 atom stereocenters. The average Bonchev–Trinajstić information content (AvgIpc) is 2.47. The van der Waals surface area contributed by atoms with Crippen LogP contribution in [0.2, 0.25) is 0 Å². The van der Waals surface area contributed by atoms with Crippen LogP contribution in [0.3, 0.4) is 0 Å². The van der Waals surface area contributed by atoms with Gasteiger partial charge in [-0.25, -0.2) is 0 Å². The maximum Gasteiger partial charge on any atom is 0.251 e. The second kappa shape index (κ2) is 6.05. The quantitative estimate of drug-likeness (QED) is 0.909. The van der Waals surface area contributed by atoms with E-state index in [1.807, 2.05) is 30.3 Å². The number of rotatable bonds is 4. The molecule has 3 heteroatoms. The molecule has 2 rings (SSSR count). The third-order valence-corrected chi connectivity index (χ3v) is 2.87. The SMILES string of the molecule is CCc1cccc(Oc2cccc(C(=O)NC)c2)c1. The van der Waals surface area contributed by atoms with Crippen LogP contribution in [-0.4, -0.2) is 13.0 Å². The number of aryl methyl sites for hydroxylation is 1. The molecule has 0 fully saturated rings. The Kier molecular flexibility index (Phi) is 4.18. The third kappa shape index (κ3) is 3.35. The minimum absolute atomic E-state index is 0.118. The largest absolute Gasteiger partial charge is 0.457 e. The topological polar surface area (TPSA) is 38.3 Å². The van der Waals surface area contributed by atoms with E-state index in [2.05, 4.69) is 18.3 Å². The molecule has 0 aromatic heterocycles. The summed E-state index contributed by atoms with van der Waals surface area (Å²) in [5.41, 5.74) is 1.81. The summed E-state index contributed by atoms with van der Waals surface area (Å²) in [6.45, 7) is 2.10. The molecule has 0 spiro atoms. The van der Waals surface area contributed by atoms with Gasteiger partial charge in [0.05, 0.1) is 0 Å². The molecule has 0 bridgehead atoms. The zero-order chi connectivity index (χ0) is 13.7. The van der Waals surface area contributed by atoms with E-state index in [0.717, 1.165) is 12.2 Å². The van der Waals surface area contributed by atoms with Gasteiger partial charge >= 0.3 is 0 Å². The maximum atomic E-state index is 11.6. The lowest BCUT2D eigenvalue weighted by Crippen LogP contribution is -2.17. The van der Waals surface area contributed by atoms with Gasteiger partial charge in [0.1, 0.15) is 11.5 Å². The van der Waals surface area contributed by atoms with Gasteiger partial charge in [-0.05, 0) is 42.3 Å². The fourth-order valence-corrected chi connectivity index (χ4v) is 1.81. The van der Waals surface area contributed by atoms with E-state index in [0.29, 0.717) is 11.3 Å². The first-order valence-electron chi connectivity index (χ1n) is 6.32. The Morgan fingerprint density at radius 1 is 1.11 bits per heavy atom. The van der Waals surface area contributed by atoms with Crippen molar-refractivity contribution < 1.29 is 9.53 Å². The Balaban J connectivity index is 2.20. The molecule has 2 aromatic rings.